The first kappa shape index (κ1) is 8.20. The lowest BCUT2D eigenvalue weighted by Crippen LogP contribution is -2.04. The summed E-state index contributed by atoms with van der Waals surface area (Å²) in [6.07, 6.45) is 0. The van der Waals surface area contributed by atoms with Crippen LogP contribution in [-0.4, -0.2) is 6.61 Å². The molecule has 0 aromatic heterocycles. The predicted octanol–water partition coefficient (Wildman–Crippen LogP) is 2.83. The minimum absolute atomic E-state index is 0.196. The van der Waals surface area contributed by atoms with Gasteiger partial charge in [0.05, 0.1) is 6.61 Å². The average molecular weight is 231 g/mol. The molecule has 0 aliphatic carbocycles. The fourth-order valence-electron chi connectivity index (χ4n) is 1.17. The molecule has 3 heteroatoms. The molecule has 1 fully saturated rings. The molecule has 0 N–H and O–H groups in total. The summed E-state index contributed by atoms with van der Waals surface area (Å²) in [5.74, 6) is -0.196. The van der Waals surface area contributed by atoms with Crippen LogP contribution in [0.4, 0.5) is 4.39 Å². The van der Waals surface area contributed by atoms with Gasteiger partial charge in [-0.3, -0.25) is 0 Å². The highest BCUT2D eigenvalue weighted by atomic mass is 79.9. The average Bonchev–Trinajstić information content (AvgIpc) is 2.75. The molecule has 0 amide bonds. The lowest BCUT2D eigenvalue weighted by Gasteiger charge is -2.06. The topological polar surface area (TPSA) is 12.5 Å². The molecule has 0 bridgehead atoms. The Labute approximate surface area is 78.7 Å². The molecule has 0 saturated carbocycles. The van der Waals surface area contributed by atoms with E-state index in [0.717, 1.165) is 4.47 Å². The van der Waals surface area contributed by atoms with E-state index in [2.05, 4.69) is 15.9 Å². The molecule has 64 valence electrons. The SMILES string of the molecule is CC1(c2cc(Br)ccc2F)CO1. The molecule has 1 nitrogen and oxygen atoms in total. The van der Waals surface area contributed by atoms with Gasteiger partial charge in [0.25, 0.3) is 0 Å². The van der Waals surface area contributed by atoms with Gasteiger partial charge in [0.1, 0.15) is 11.4 Å². The molecule has 1 heterocycles. The van der Waals surface area contributed by atoms with Gasteiger partial charge in [0.2, 0.25) is 0 Å². The number of epoxide rings is 1. The fraction of sp³-hybridized carbons (Fsp3) is 0.333. The Bertz CT molecular complexity index is 320. The monoisotopic (exact) mass is 230 g/mol. The molecule has 1 saturated heterocycles. The quantitative estimate of drug-likeness (QED) is 0.677. The second-order valence-corrected chi connectivity index (χ2v) is 4.06. The fourth-order valence-corrected chi connectivity index (χ4v) is 1.53. The van der Waals surface area contributed by atoms with Gasteiger partial charge >= 0.3 is 0 Å². The zero-order valence-corrected chi connectivity index (χ0v) is 8.19. The lowest BCUT2D eigenvalue weighted by atomic mass is 10.0. The molecule has 1 aliphatic heterocycles. The van der Waals surface area contributed by atoms with E-state index in [9.17, 15) is 4.39 Å². The van der Waals surface area contributed by atoms with Gasteiger partial charge in [-0.1, -0.05) is 15.9 Å². The highest BCUT2D eigenvalue weighted by Gasteiger charge is 2.43. The molecule has 0 spiro atoms. The van der Waals surface area contributed by atoms with E-state index in [4.69, 9.17) is 4.74 Å². The predicted molar refractivity (Wildman–Crippen MR) is 47.4 cm³/mol. The van der Waals surface area contributed by atoms with Gasteiger partial charge < -0.3 is 4.74 Å². The molecule has 1 aromatic carbocycles. The van der Waals surface area contributed by atoms with Crippen LogP contribution >= 0.6 is 15.9 Å². The van der Waals surface area contributed by atoms with E-state index < -0.39 is 0 Å². The minimum atomic E-state index is -0.381. The van der Waals surface area contributed by atoms with Gasteiger partial charge in [-0.25, -0.2) is 4.39 Å². The maximum Gasteiger partial charge on any atom is 0.129 e. The Hall–Kier alpha value is -0.410. The summed E-state index contributed by atoms with van der Waals surface area (Å²) in [5.41, 5.74) is 0.255. The van der Waals surface area contributed by atoms with Crippen LogP contribution in [0.5, 0.6) is 0 Å². The van der Waals surface area contributed by atoms with E-state index in [1.165, 1.54) is 6.07 Å². The number of rotatable bonds is 1. The number of hydrogen-bond donors (Lipinski definition) is 0. The molecule has 0 radical (unpaired) electrons. The van der Waals surface area contributed by atoms with Gasteiger partial charge in [-0.15, -0.1) is 0 Å². The van der Waals surface area contributed by atoms with Crippen molar-refractivity contribution in [2.24, 2.45) is 0 Å². The van der Waals surface area contributed by atoms with Crippen LogP contribution in [0.1, 0.15) is 12.5 Å². The third-order valence-corrected chi connectivity index (χ3v) is 2.57. The summed E-state index contributed by atoms with van der Waals surface area (Å²) in [6, 6.07) is 4.90. The molecule has 1 aliphatic rings. The van der Waals surface area contributed by atoms with Crippen molar-refractivity contribution in [1.29, 1.82) is 0 Å². The number of ether oxygens (including phenoxy) is 1. The first-order valence-electron chi connectivity index (χ1n) is 3.71. The van der Waals surface area contributed by atoms with Crippen molar-refractivity contribution in [3.63, 3.8) is 0 Å². The molecule has 1 unspecified atom stereocenters. The van der Waals surface area contributed by atoms with Crippen LogP contribution < -0.4 is 0 Å². The van der Waals surface area contributed by atoms with Crippen molar-refractivity contribution >= 4 is 15.9 Å². The third-order valence-electron chi connectivity index (χ3n) is 2.08. The summed E-state index contributed by atoms with van der Waals surface area (Å²) in [6.45, 7) is 2.50. The minimum Gasteiger partial charge on any atom is -0.365 e. The Balaban J connectivity index is 2.48. The van der Waals surface area contributed by atoms with Crippen molar-refractivity contribution < 1.29 is 9.13 Å². The second-order valence-electron chi connectivity index (χ2n) is 3.14. The Morgan fingerprint density at radius 2 is 2.25 bits per heavy atom. The standard InChI is InChI=1S/C9H8BrFO/c1-9(5-12-9)7-4-6(10)2-3-8(7)11/h2-4H,5H2,1H3. The van der Waals surface area contributed by atoms with Gasteiger partial charge in [0, 0.05) is 10.0 Å². The number of halogens is 2. The van der Waals surface area contributed by atoms with Crippen LogP contribution in [0.25, 0.3) is 0 Å². The van der Waals surface area contributed by atoms with Crippen molar-refractivity contribution in [3.8, 4) is 0 Å². The Kier molecular flexibility index (Phi) is 1.73. The first-order chi connectivity index (χ1) is 5.62. The molecular formula is C9H8BrFO. The Morgan fingerprint density at radius 3 is 2.83 bits per heavy atom. The van der Waals surface area contributed by atoms with Crippen LogP contribution in [0.2, 0.25) is 0 Å². The summed E-state index contributed by atoms with van der Waals surface area (Å²) in [5, 5.41) is 0. The highest BCUT2D eigenvalue weighted by molar-refractivity contribution is 9.10. The smallest absolute Gasteiger partial charge is 0.129 e. The van der Waals surface area contributed by atoms with Gasteiger partial charge in [-0.05, 0) is 25.1 Å². The van der Waals surface area contributed by atoms with Crippen molar-refractivity contribution in [2.45, 2.75) is 12.5 Å². The summed E-state index contributed by atoms with van der Waals surface area (Å²) < 4.78 is 19.2. The number of hydrogen-bond acceptors (Lipinski definition) is 1. The zero-order chi connectivity index (χ0) is 8.77. The van der Waals surface area contributed by atoms with Crippen LogP contribution in [-0.2, 0) is 10.3 Å². The van der Waals surface area contributed by atoms with Crippen molar-refractivity contribution in [3.05, 3.63) is 34.1 Å². The van der Waals surface area contributed by atoms with E-state index >= 15 is 0 Å². The van der Waals surface area contributed by atoms with Crippen molar-refractivity contribution in [2.75, 3.05) is 6.61 Å². The molecule has 1 atom stereocenters. The molecular weight excluding hydrogens is 223 g/mol. The molecule has 1 aromatic rings. The van der Waals surface area contributed by atoms with E-state index in [1.807, 2.05) is 6.92 Å². The molecule has 12 heavy (non-hydrogen) atoms. The van der Waals surface area contributed by atoms with Crippen molar-refractivity contribution in [1.82, 2.24) is 0 Å². The third kappa shape index (κ3) is 1.27. The highest BCUT2D eigenvalue weighted by Crippen LogP contribution is 2.40. The molecule has 2 rings (SSSR count). The van der Waals surface area contributed by atoms with Crippen LogP contribution in [0, 0.1) is 5.82 Å². The second kappa shape index (κ2) is 2.54. The van der Waals surface area contributed by atoms with E-state index in [-0.39, 0.29) is 11.4 Å². The van der Waals surface area contributed by atoms with Crippen LogP contribution in [0.3, 0.4) is 0 Å². The first-order valence-corrected chi connectivity index (χ1v) is 4.51. The Morgan fingerprint density at radius 1 is 1.58 bits per heavy atom. The van der Waals surface area contributed by atoms with Gasteiger partial charge in [-0.2, -0.15) is 0 Å². The van der Waals surface area contributed by atoms with E-state index in [1.54, 1.807) is 12.1 Å². The normalized spacial score (nSPS) is 27.2. The summed E-state index contributed by atoms with van der Waals surface area (Å²) in [4.78, 5) is 0. The summed E-state index contributed by atoms with van der Waals surface area (Å²) in [7, 11) is 0. The largest absolute Gasteiger partial charge is 0.365 e. The number of benzene rings is 1. The zero-order valence-electron chi connectivity index (χ0n) is 6.60. The van der Waals surface area contributed by atoms with Crippen LogP contribution in [0.15, 0.2) is 22.7 Å². The lowest BCUT2D eigenvalue weighted by molar-refractivity contribution is 0.321. The maximum absolute atomic E-state index is 13.2. The van der Waals surface area contributed by atoms with Gasteiger partial charge in [0.15, 0.2) is 0 Å². The maximum atomic E-state index is 13.2. The summed E-state index contributed by atoms with van der Waals surface area (Å²) >= 11 is 3.29. The van der Waals surface area contributed by atoms with E-state index in [0.29, 0.717) is 12.2 Å².